The fourth-order valence-electron chi connectivity index (χ4n) is 4.07. The predicted octanol–water partition coefficient (Wildman–Crippen LogP) is 2.81. The van der Waals surface area contributed by atoms with Gasteiger partial charge in [0.2, 0.25) is 5.78 Å². The number of carbonyl (C=O) groups is 2. The van der Waals surface area contributed by atoms with Gasteiger partial charge in [-0.15, -0.1) is 11.3 Å². The minimum Gasteiger partial charge on any atom is -0.503 e. The molecular formula is C22H24FN3O4S. The first-order valence-electron chi connectivity index (χ1n) is 10.2. The zero-order chi connectivity index (χ0) is 22.1. The molecule has 1 unspecified atom stereocenters. The average Bonchev–Trinajstić information content (AvgIpc) is 3.23. The third kappa shape index (κ3) is 4.13. The fourth-order valence-corrected chi connectivity index (χ4v) is 4.95. The van der Waals surface area contributed by atoms with Gasteiger partial charge < -0.3 is 14.7 Å². The van der Waals surface area contributed by atoms with Gasteiger partial charge in [0, 0.05) is 31.7 Å². The van der Waals surface area contributed by atoms with Crippen LogP contribution in [0.4, 0.5) is 4.39 Å². The van der Waals surface area contributed by atoms with Gasteiger partial charge >= 0.3 is 0 Å². The lowest BCUT2D eigenvalue weighted by molar-refractivity contribution is -0.129. The molecule has 1 saturated heterocycles. The summed E-state index contributed by atoms with van der Waals surface area (Å²) in [4.78, 5) is 34.6. The Kier molecular flexibility index (Phi) is 6.17. The van der Waals surface area contributed by atoms with Gasteiger partial charge in [-0.2, -0.15) is 0 Å². The number of hydrogen-bond acceptors (Lipinski definition) is 7. The van der Waals surface area contributed by atoms with Gasteiger partial charge in [-0.05, 0) is 19.9 Å². The number of amides is 1. The van der Waals surface area contributed by atoms with E-state index < -0.39 is 29.3 Å². The van der Waals surface area contributed by atoms with Crippen molar-refractivity contribution in [2.24, 2.45) is 0 Å². The molecular weight excluding hydrogens is 421 g/mol. The van der Waals surface area contributed by atoms with E-state index in [0.717, 1.165) is 13.1 Å². The van der Waals surface area contributed by atoms with E-state index in [4.69, 9.17) is 4.74 Å². The van der Waals surface area contributed by atoms with Crippen molar-refractivity contribution in [3.63, 3.8) is 0 Å². The van der Waals surface area contributed by atoms with Crippen LogP contribution in [0.3, 0.4) is 0 Å². The predicted molar refractivity (Wildman–Crippen MR) is 114 cm³/mol. The van der Waals surface area contributed by atoms with Crippen molar-refractivity contribution in [2.45, 2.75) is 19.9 Å². The first kappa shape index (κ1) is 21.6. The number of halogens is 1. The number of rotatable bonds is 6. The van der Waals surface area contributed by atoms with Crippen molar-refractivity contribution in [3.05, 3.63) is 62.6 Å². The van der Waals surface area contributed by atoms with Gasteiger partial charge in [0.1, 0.15) is 5.82 Å². The molecule has 3 heterocycles. The number of hydrogen-bond donors (Lipinski definition) is 1. The molecule has 0 radical (unpaired) electrons. The van der Waals surface area contributed by atoms with Gasteiger partial charge in [0.25, 0.3) is 5.91 Å². The summed E-state index contributed by atoms with van der Waals surface area (Å²) in [5, 5.41) is 11.4. The fraction of sp³-hybridized carbons (Fsp3) is 0.409. The number of ketones is 1. The molecule has 1 N–H and O–H groups in total. The van der Waals surface area contributed by atoms with E-state index in [1.165, 1.54) is 22.3 Å². The molecule has 1 atom stereocenters. The Morgan fingerprint density at radius 1 is 1.26 bits per heavy atom. The molecule has 1 aromatic heterocycles. The topological polar surface area (TPSA) is 83.0 Å². The summed E-state index contributed by atoms with van der Waals surface area (Å²) >= 11 is 1.20. The maximum Gasteiger partial charge on any atom is 0.290 e. The second-order valence-electron chi connectivity index (χ2n) is 7.62. The molecule has 4 rings (SSSR count). The van der Waals surface area contributed by atoms with Crippen molar-refractivity contribution < 1.29 is 23.8 Å². The monoisotopic (exact) mass is 445 g/mol. The van der Waals surface area contributed by atoms with Crippen molar-refractivity contribution in [2.75, 3.05) is 39.4 Å². The number of aryl methyl sites for hydroxylation is 2. The number of aromatic nitrogens is 1. The van der Waals surface area contributed by atoms with Crippen LogP contribution in [0.2, 0.25) is 0 Å². The Bertz CT molecular complexity index is 1050. The first-order valence-corrected chi connectivity index (χ1v) is 11.0. The number of benzene rings is 1. The summed E-state index contributed by atoms with van der Waals surface area (Å²) in [6.45, 7) is 6.97. The number of ether oxygens (including phenoxy) is 1. The van der Waals surface area contributed by atoms with E-state index in [0.29, 0.717) is 35.3 Å². The highest BCUT2D eigenvalue weighted by atomic mass is 32.1. The van der Waals surface area contributed by atoms with Crippen LogP contribution in [0.1, 0.15) is 32.0 Å². The van der Waals surface area contributed by atoms with E-state index in [9.17, 15) is 19.1 Å². The molecule has 2 aliphatic heterocycles. The largest absolute Gasteiger partial charge is 0.503 e. The quantitative estimate of drug-likeness (QED) is 0.689. The van der Waals surface area contributed by atoms with Crippen LogP contribution in [0.25, 0.3) is 0 Å². The molecule has 7 nitrogen and oxygen atoms in total. The second-order valence-corrected chi connectivity index (χ2v) is 8.82. The SMILES string of the molecule is Cc1nc(C)c(C(=O)C2=C(O)C(=O)N(CCN3CCOCC3)C2c2ccccc2F)s1. The highest BCUT2D eigenvalue weighted by molar-refractivity contribution is 7.14. The average molecular weight is 446 g/mol. The lowest BCUT2D eigenvalue weighted by Gasteiger charge is -2.31. The molecule has 1 fully saturated rings. The number of Topliss-reactive ketones (excluding diaryl/α,β-unsaturated/α-hetero) is 1. The van der Waals surface area contributed by atoms with E-state index in [1.54, 1.807) is 32.0 Å². The summed E-state index contributed by atoms with van der Waals surface area (Å²) in [6.07, 6.45) is 0. The third-order valence-corrected chi connectivity index (χ3v) is 6.69. The van der Waals surface area contributed by atoms with Gasteiger partial charge in [0.15, 0.2) is 5.76 Å². The molecule has 9 heteroatoms. The maximum absolute atomic E-state index is 14.8. The summed E-state index contributed by atoms with van der Waals surface area (Å²) < 4.78 is 20.2. The molecule has 0 spiro atoms. The number of carbonyl (C=O) groups excluding carboxylic acids is 2. The minimum atomic E-state index is -0.996. The Morgan fingerprint density at radius 3 is 2.61 bits per heavy atom. The van der Waals surface area contributed by atoms with Crippen LogP contribution in [0.15, 0.2) is 35.6 Å². The van der Waals surface area contributed by atoms with Crippen LogP contribution in [-0.2, 0) is 9.53 Å². The molecule has 164 valence electrons. The molecule has 2 aromatic rings. The lowest BCUT2D eigenvalue weighted by Crippen LogP contribution is -2.43. The van der Waals surface area contributed by atoms with Crippen LogP contribution in [-0.4, -0.2) is 71.0 Å². The van der Waals surface area contributed by atoms with Crippen molar-refractivity contribution >= 4 is 23.0 Å². The zero-order valence-electron chi connectivity index (χ0n) is 17.4. The van der Waals surface area contributed by atoms with Gasteiger partial charge in [-0.25, -0.2) is 9.37 Å². The number of morpholine rings is 1. The minimum absolute atomic E-state index is 0.0937. The highest BCUT2D eigenvalue weighted by Crippen LogP contribution is 2.40. The Labute approximate surface area is 183 Å². The molecule has 1 aromatic carbocycles. The standard InChI is InChI=1S/C22H24FN3O4S/c1-13-21(31-14(2)24-13)19(27)17-18(15-5-3-4-6-16(15)23)26(22(29)20(17)28)8-7-25-9-11-30-12-10-25/h3-6,18,28H,7-12H2,1-2H3. The molecule has 0 saturated carbocycles. The van der Waals surface area contributed by atoms with E-state index in [-0.39, 0.29) is 17.7 Å². The number of nitrogens with zero attached hydrogens (tertiary/aromatic N) is 3. The molecule has 0 aliphatic carbocycles. The lowest BCUT2D eigenvalue weighted by atomic mass is 9.94. The third-order valence-electron chi connectivity index (χ3n) is 5.62. The molecule has 0 bridgehead atoms. The molecule has 2 aliphatic rings. The van der Waals surface area contributed by atoms with Crippen LogP contribution in [0, 0.1) is 19.7 Å². The summed E-state index contributed by atoms with van der Waals surface area (Å²) in [5.41, 5.74) is 0.618. The number of thiazole rings is 1. The smallest absolute Gasteiger partial charge is 0.290 e. The van der Waals surface area contributed by atoms with Crippen molar-refractivity contribution in [1.29, 1.82) is 0 Å². The summed E-state index contributed by atoms with van der Waals surface area (Å²) in [6, 6.07) is 5.05. The number of aliphatic hydroxyl groups is 1. The highest BCUT2D eigenvalue weighted by Gasteiger charge is 2.45. The van der Waals surface area contributed by atoms with Crippen LogP contribution >= 0.6 is 11.3 Å². The Hall–Kier alpha value is -2.62. The Balaban J connectivity index is 1.71. The number of aliphatic hydroxyl groups excluding tert-OH is 1. The van der Waals surface area contributed by atoms with Gasteiger partial charge in [-0.3, -0.25) is 14.5 Å². The van der Waals surface area contributed by atoms with E-state index in [1.807, 2.05) is 0 Å². The summed E-state index contributed by atoms with van der Waals surface area (Å²) in [5.74, 6) is -2.31. The second kappa shape index (κ2) is 8.86. The van der Waals surface area contributed by atoms with Gasteiger partial charge in [0.05, 0.1) is 40.4 Å². The van der Waals surface area contributed by atoms with Crippen LogP contribution < -0.4 is 0 Å². The molecule has 1 amide bonds. The van der Waals surface area contributed by atoms with Crippen LogP contribution in [0.5, 0.6) is 0 Å². The zero-order valence-corrected chi connectivity index (χ0v) is 18.2. The van der Waals surface area contributed by atoms with Crippen molar-refractivity contribution in [1.82, 2.24) is 14.8 Å². The molecule has 31 heavy (non-hydrogen) atoms. The van der Waals surface area contributed by atoms with E-state index in [2.05, 4.69) is 9.88 Å². The van der Waals surface area contributed by atoms with Crippen molar-refractivity contribution in [3.8, 4) is 0 Å². The normalized spacial score (nSPS) is 20.0. The summed E-state index contributed by atoms with van der Waals surface area (Å²) in [7, 11) is 0. The first-order chi connectivity index (χ1) is 14.9. The van der Waals surface area contributed by atoms with Gasteiger partial charge in [-0.1, -0.05) is 18.2 Å². The van der Waals surface area contributed by atoms with E-state index >= 15 is 0 Å². The maximum atomic E-state index is 14.8. The Morgan fingerprint density at radius 2 is 1.97 bits per heavy atom.